The van der Waals surface area contributed by atoms with Crippen molar-refractivity contribution in [1.82, 2.24) is 20.0 Å². The van der Waals surface area contributed by atoms with E-state index in [2.05, 4.69) is 20.6 Å². The van der Waals surface area contributed by atoms with Crippen LogP contribution in [-0.2, 0) is 11.2 Å². The molecule has 1 aliphatic rings. The SMILES string of the molecule is Cc1nn(-c2ccc(F)cc2)c(C)c1CC(=O)Nc1nnc(C2CC2)s1. The highest BCUT2D eigenvalue weighted by atomic mass is 32.1. The summed E-state index contributed by atoms with van der Waals surface area (Å²) in [6.07, 6.45) is 2.52. The third kappa shape index (κ3) is 3.37. The number of nitrogens with one attached hydrogen (secondary N) is 1. The summed E-state index contributed by atoms with van der Waals surface area (Å²) in [5, 5.41) is 17.0. The van der Waals surface area contributed by atoms with Crippen LogP contribution in [0.5, 0.6) is 0 Å². The second kappa shape index (κ2) is 6.60. The summed E-state index contributed by atoms with van der Waals surface area (Å²) in [5.41, 5.74) is 3.26. The number of carbonyl (C=O) groups is 1. The van der Waals surface area contributed by atoms with Gasteiger partial charge in [-0.2, -0.15) is 5.10 Å². The number of anilines is 1. The quantitative estimate of drug-likeness (QED) is 0.745. The van der Waals surface area contributed by atoms with Gasteiger partial charge in [-0.3, -0.25) is 4.79 Å². The number of carbonyl (C=O) groups excluding carboxylic acids is 1. The van der Waals surface area contributed by atoms with Crippen molar-refractivity contribution in [1.29, 1.82) is 0 Å². The summed E-state index contributed by atoms with van der Waals surface area (Å²) in [7, 11) is 0. The van der Waals surface area contributed by atoms with E-state index in [4.69, 9.17) is 0 Å². The number of hydrogen-bond acceptors (Lipinski definition) is 5. The summed E-state index contributed by atoms with van der Waals surface area (Å²) in [6, 6.07) is 6.12. The number of halogens is 1. The molecule has 0 spiro atoms. The Hall–Kier alpha value is -2.61. The molecule has 2 heterocycles. The molecule has 8 heteroatoms. The fourth-order valence-electron chi connectivity index (χ4n) is 2.87. The topological polar surface area (TPSA) is 72.7 Å². The van der Waals surface area contributed by atoms with Crippen molar-refractivity contribution >= 4 is 22.4 Å². The summed E-state index contributed by atoms with van der Waals surface area (Å²) in [4.78, 5) is 12.4. The molecule has 6 nitrogen and oxygen atoms in total. The van der Waals surface area contributed by atoms with Gasteiger partial charge in [0.25, 0.3) is 0 Å². The molecule has 0 unspecified atom stereocenters. The highest BCUT2D eigenvalue weighted by Crippen LogP contribution is 2.42. The second-order valence-corrected chi connectivity index (χ2v) is 7.49. The first-order chi connectivity index (χ1) is 12.5. The Morgan fingerprint density at radius 1 is 1.27 bits per heavy atom. The lowest BCUT2D eigenvalue weighted by Crippen LogP contribution is -2.15. The Morgan fingerprint density at radius 3 is 2.69 bits per heavy atom. The molecule has 2 aromatic heterocycles. The Morgan fingerprint density at radius 2 is 2.00 bits per heavy atom. The molecule has 0 aliphatic heterocycles. The molecule has 4 rings (SSSR count). The van der Waals surface area contributed by atoms with Gasteiger partial charge >= 0.3 is 0 Å². The smallest absolute Gasteiger partial charge is 0.230 e. The van der Waals surface area contributed by atoms with E-state index in [0.717, 1.165) is 40.5 Å². The van der Waals surface area contributed by atoms with Crippen molar-refractivity contribution in [2.24, 2.45) is 0 Å². The van der Waals surface area contributed by atoms with Crippen molar-refractivity contribution < 1.29 is 9.18 Å². The van der Waals surface area contributed by atoms with Crippen molar-refractivity contribution in [2.45, 2.75) is 39.0 Å². The average Bonchev–Trinajstić information content (AvgIpc) is 3.31. The molecular formula is C18H18FN5OS. The average molecular weight is 371 g/mol. The van der Waals surface area contributed by atoms with Crippen LogP contribution in [0.3, 0.4) is 0 Å². The molecule has 1 saturated carbocycles. The zero-order valence-electron chi connectivity index (χ0n) is 14.5. The lowest BCUT2D eigenvalue weighted by molar-refractivity contribution is -0.115. The molecule has 3 aromatic rings. The number of rotatable bonds is 5. The van der Waals surface area contributed by atoms with Crippen molar-refractivity contribution in [3.63, 3.8) is 0 Å². The van der Waals surface area contributed by atoms with Crippen molar-refractivity contribution in [2.75, 3.05) is 5.32 Å². The molecule has 0 atom stereocenters. The Kier molecular flexibility index (Phi) is 4.28. The molecule has 1 fully saturated rings. The van der Waals surface area contributed by atoms with Crippen LogP contribution in [0.15, 0.2) is 24.3 Å². The van der Waals surface area contributed by atoms with E-state index in [-0.39, 0.29) is 18.1 Å². The van der Waals surface area contributed by atoms with Gasteiger partial charge in [-0.05, 0) is 51.0 Å². The first kappa shape index (κ1) is 16.8. The lowest BCUT2D eigenvalue weighted by Gasteiger charge is -2.05. The standard InChI is InChI=1S/C18H18FN5OS/c1-10-15(11(2)24(23-10)14-7-5-13(19)6-8-14)9-16(25)20-18-22-21-17(26-18)12-3-4-12/h5-8,12H,3-4,9H2,1-2H3,(H,20,22,25). The molecule has 1 N–H and O–H groups in total. The van der Waals surface area contributed by atoms with Crippen LogP contribution in [0.2, 0.25) is 0 Å². The summed E-state index contributed by atoms with van der Waals surface area (Å²) >= 11 is 1.44. The Bertz CT molecular complexity index is 959. The van der Waals surface area contributed by atoms with E-state index < -0.39 is 0 Å². The third-order valence-corrected chi connectivity index (χ3v) is 5.46. The monoisotopic (exact) mass is 371 g/mol. The van der Waals surface area contributed by atoms with Gasteiger partial charge in [0.05, 0.1) is 17.8 Å². The fourth-order valence-corrected chi connectivity index (χ4v) is 3.80. The number of amides is 1. The van der Waals surface area contributed by atoms with Gasteiger partial charge in [0.2, 0.25) is 11.0 Å². The van der Waals surface area contributed by atoms with Crippen LogP contribution in [0.25, 0.3) is 5.69 Å². The van der Waals surface area contributed by atoms with E-state index in [1.165, 1.54) is 23.5 Å². The van der Waals surface area contributed by atoms with Gasteiger partial charge in [-0.15, -0.1) is 10.2 Å². The first-order valence-corrected chi connectivity index (χ1v) is 9.27. The van der Waals surface area contributed by atoms with Crippen molar-refractivity contribution in [3.05, 3.63) is 52.0 Å². The number of aryl methyl sites for hydroxylation is 1. The largest absolute Gasteiger partial charge is 0.300 e. The summed E-state index contributed by atoms with van der Waals surface area (Å²) in [6.45, 7) is 3.77. The first-order valence-electron chi connectivity index (χ1n) is 8.45. The predicted octanol–water partition coefficient (Wildman–Crippen LogP) is 3.54. The molecule has 134 valence electrons. The number of aromatic nitrogens is 4. The van der Waals surface area contributed by atoms with E-state index in [1.54, 1.807) is 16.8 Å². The lowest BCUT2D eigenvalue weighted by atomic mass is 10.1. The van der Waals surface area contributed by atoms with E-state index in [1.807, 2.05) is 13.8 Å². The maximum atomic E-state index is 13.1. The maximum absolute atomic E-state index is 13.1. The van der Waals surface area contributed by atoms with Crippen LogP contribution in [0.1, 0.15) is 40.7 Å². The normalized spacial score (nSPS) is 13.8. The molecule has 1 aromatic carbocycles. The molecule has 26 heavy (non-hydrogen) atoms. The molecule has 0 saturated heterocycles. The van der Waals surface area contributed by atoms with Gasteiger partial charge in [-0.1, -0.05) is 11.3 Å². The predicted molar refractivity (Wildman–Crippen MR) is 97.2 cm³/mol. The van der Waals surface area contributed by atoms with Gasteiger partial charge in [0.1, 0.15) is 10.8 Å². The number of benzene rings is 1. The van der Waals surface area contributed by atoms with Gasteiger partial charge in [-0.25, -0.2) is 9.07 Å². The second-order valence-electron chi connectivity index (χ2n) is 6.48. The fraction of sp³-hybridized carbons (Fsp3) is 0.333. The zero-order chi connectivity index (χ0) is 18.3. The maximum Gasteiger partial charge on any atom is 0.230 e. The molecular weight excluding hydrogens is 353 g/mol. The van der Waals surface area contributed by atoms with Gasteiger partial charge < -0.3 is 5.32 Å². The minimum Gasteiger partial charge on any atom is -0.300 e. The molecule has 1 aliphatic carbocycles. The minimum atomic E-state index is -0.294. The molecule has 0 bridgehead atoms. The van der Waals surface area contributed by atoms with Crippen LogP contribution in [0.4, 0.5) is 9.52 Å². The molecule has 0 radical (unpaired) electrons. The van der Waals surface area contributed by atoms with Gasteiger partial charge in [0, 0.05) is 17.2 Å². The van der Waals surface area contributed by atoms with E-state index >= 15 is 0 Å². The highest BCUT2D eigenvalue weighted by molar-refractivity contribution is 7.15. The minimum absolute atomic E-state index is 0.145. The van der Waals surface area contributed by atoms with Crippen molar-refractivity contribution in [3.8, 4) is 5.69 Å². The Labute approximate surface area is 154 Å². The van der Waals surface area contributed by atoms with Crippen LogP contribution >= 0.6 is 11.3 Å². The summed E-state index contributed by atoms with van der Waals surface area (Å²) in [5.74, 6) is 0.0856. The number of hydrogen-bond donors (Lipinski definition) is 1. The number of nitrogens with zero attached hydrogens (tertiary/aromatic N) is 4. The van der Waals surface area contributed by atoms with Crippen LogP contribution in [-0.4, -0.2) is 25.9 Å². The highest BCUT2D eigenvalue weighted by Gasteiger charge is 2.27. The third-order valence-electron chi connectivity index (χ3n) is 4.46. The van der Waals surface area contributed by atoms with E-state index in [0.29, 0.717) is 11.0 Å². The summed E-state index contributed by atoms with van der Waals surface area (Å²) < 4.78 is 14.9. The van der Waals surface area contributed by atoms with Crippen LogP contribution < -0.4 is 5.32 Å². The zero-order valence-corrected chi connectivity index (χ0v) is 15.3. The van der Waals surface area contributed by atoms with Gasteiger partial charge in [0.15, 0.2) is 0 Å². The van der Waals surface area contributed by atoms with E-state index in [9.17, 15) is 9.18 Å². The Balaban J connectivity index is 1.50. The molecule has 1 amide bonds. The van der Waals surface area contributed by atoms with Crippen LogP contribution in [0, 0.1) is 19.7 Å².